The van der Waals surface area contributed by atoms with Crippen LogP contribution >= 0.6 is 8.69 Å². The Balaban J connectivity index is 0.000001000. The molecule has 0 aliphatic rings. The maximum absolute atomic E-state index is 10.0. The van der Waals surface area contributed by atoms with Crippen molar-refractivity contribution in [3.8, 4) is 5.75 Å². The van der Waals surface area contributed by atoms with E-state index in [-0.39, 0.29) is 26.0 Å². The van der Waals surface area contributed by atoms with Crippen LogP contribution in [0.15, 0.2) is 24.3 Å². The number of hydrogen-bond donors (Lipinski definition) is 0. The van der Waals surface area contributed by atoms with Gasteiger partial charge in [-0.3, -0.25) is 0 Å². The zero-order chi connectivity index (χ0) is 7.40. The Labute approximate surface area is 78.0 Å². The Morgan fingerprint density at radius 3 is 2.55 bits per heavy atom. The molecule has 1 aromatic carbocycles. The molecule has 0 aromatic heterocycles. The van der Waals surface area contributed by atoms with Gasteiger partial charge in [0.15, 0.2) is 0 Å². The molecule has 2 nitrogen and oxygen atoms in total. The van der Waals surface area contributed by atoms with E-state index in [1.54, 1.807) is 6.07 Å². The summed E-state index contributed by atoms with van der Waals surface area (Å²) in [5.41, 5.74) is 0.992. The van der Waals surface area contributed by atoms with Crippen LogP contribution in [0.1, 0.15) is 5.56 Å². The summed E-state index contributed by atoms with van der Waals surface area (Å²) in [6, 6.07) is 7.43. The number of para-hydroxylation sites is 1. The first-order chi connectivity index (χ1) is 4.84. The van der Waals surface area contributed by atoms with Gasteiger partial charge in [0.25, 0.3) is 0 Å². The molecular formula is C7H7AlO2P. The second-order valence-corrected chi connectivity index (χ2v) is 2.26. The minimum Gasteiger partial charge on any atom is -0.407 e. The Morgan fingerprint density at radius 2 is 2.00 bits per heavy atom. The van der Waals surface area contributed by atoms with Crippen molar-refractivity contribution in [2.24, 2.45) is 0 Å². The molecule has 0 aliphatic heterocycles. The smallest absolute Gasteiger partial charge is 0.395 e. The molecule has 0 N–H and O–H groups in total. The Morgan fingerprint density at radius 1 is 1.36 bits per heavy atom. The van der Waals surface area contributed by atoms with Crippen LogP contribution in [0, 0.1) is 6.92 Å². The minimum absolute atomic E-state index is 0. The van der Waals surface area contributed by atoms with Crippen molar-refractivity contribution in [2.45, 2.75) is 6.92 Å². The van der Waals surface area contributed by atoms with Crippen molar-refractivity contribution in [1.82, 2.24) is 0 Å². The molecule has 0 unspecified atom stereocenters. The topological polar surface area (TPSA) is 26.3 Å². The first kappa shape index (κ1) is 10.7. The molecule has 3 radical (unpaired) electrons. The lowest BCUT2D eigenvalue weighted by atomic mass is 10.2. The van der Waals surface area contributed by atoms with E-state index in [9.17, 15) is 4.57 Å². The largest absolute Gasteiger partial charge is 0.407 e. The van der Waals surface area contributed by atoms with Gasteiger partial charge in [0, 0.05) is 17.4 Å². The average molecular weight is 181 g/mol. The fraction of sp³-hybridized carbons (Fsp3) is 0.143. The highest BCUT2D eigenvalue weighted by atomic mass is 31.1. The van der Waals surface area contributed by atoms with E-state index in [0.717, 1.165) is 5.56 Å². The molecule has 0 aliphatic carbocycles. The van der Waals surface area contributed by atoms with E-state index >= 15 is 0 Å². The average Bonchev–Trinajstić information content (AvgIpc) is 1.94. The van der Waals surface area contributed by atoms with Crippen LogP contribution in [0.5, 0.6) is 5.75 Å². The Hall–Kier alpha value is -0.348. The highest BCUT2D eigenvalue weighted by Crippen LogP contribution is 2.19. The van der Waals surface area contributed by atoms with Crippen LogP contribution in [-0.4, -0.2) is 17.4 Å². The molecule has 0 saturated heterocycles. The zero-order valence-electron chi connectivity index (χ0n) is 6.15. The molecule has 0 heterocycles. The monoisotopic (exact) mass is 181 g/mol. The Kier molecular flexibility index (Phi) is 5.15. The summed E-state index contributed by atoms with van der Waals surface area (Å²) in [6.45, 7) is 1.90. The predicted molar refractivity (Wildman–Crippen MR) is 45.2 cm³/mol. The molecule has 0 amide bonds. The van der Waals surface area contributed by atoms with Gasteiger partial charge in [0.05, 0.1) is 0 Å². The van der Waals surface area contributed by atoms with Gasteiger partial charge in [-0.1, -0.05) is 18.2 Å². The van der Waals surface area contributed by atoms with E-state index in [0.29, 0.717) is 5.75 Å². The van der Waals surface area contributed by atoms with Gasteiger partial charge in [0.1, 0.15) is 5.75 Å². The molecule has 0 fully saturated rings. The number of benzene rings is 1. The lowest BCUT2D eigenvalue weighted by molar-refractivity contribution is 0.523. The highest BCUT2D eigenvalue weighted by molar-refractivity contribution is 7.17. The SMILES string of the molecule is Cc1ccccc1OP=O.[Al]. The standard InChI is InChI=1S/C7H7O2P.Al/c1-6-4-2-3-5-7(6)9-10-8;/h2-5H,1H3;. The predicted octanol–water partition coefficient (Wildman–Crippen LogP) is 2.20. The number of rotatable bonds is 2. The van der Waals surface area contributed by atoms with E-state index in [1.807, 2.05) is 25.1 Å². The van der Waals surface area contributed by atoms with E-state index in [1.165, 1.54) is 0 Å². The second-order valence-electron chi connectivity index (χ2n) is 1.93. The molecule has 1 rings (SSSR count). The van der Waals surface area contributed by atoms with E-state index < -0.39 is 0 Å². The third-order valence-electron chi connectivity index (χ3n) is 1.23. The molecular weight excluding hydrogens is 174 g/mol. The summed E-state index contributed by atoms with van der Waals surface area (Å²) >= 11 is 0. The third kappa shape index (κ3) is 3.03. The molecule has 4 heteroatoms. The van der Waals surface area contributed by atoms with Gasteiger partial charge >= 0.3 is 8.69 Å². The highest BCUT2D eigenvalue weighted by Gasteiger charge is 1.94. The molecule has 0 atom stereocenters. The normalized spacial score (nSPS) is 8.82. The maximum Gasteiger partial charge on any atom is 0.395 e. The van der Waals surface area contributed by atoms with Crippen molar-refractivity contribution in [3.05, 3.63) is 29.8 Å². The van der Waals surface area contributed by atoms with Crippen molar-refractivity contribution in [3.63, 3.8) is 0 Å². The first-order valence-electron chi connectivity index (χ1n) is 2.90. The molecule has 1 aromatic rings. The summed E-state index contributed by atoms with van der Waals surface area (Å²) < 4.78 is 14.8. The van der Waals surface area contributed by atoms with E-state index in [2.05, 4.69) is 0 Å². The fourth-order valence-corrected chi connectivity index (χ4v) is 0.984. The molecule has 0 bridgehead atoms. The van der Waals surface area contributed by atoms with Gasteiger partial charge in [0.2, 0.25) is 0 Å². The van der Waals surface area contributed by atoms with Crippen LogP contribution in [0.4, 0.5) is 0 Å². The van der Waals surface area contributed by atoms with Gasteiger partial charge in [-0.05, 0) is 18.6 Å². The lowest BCUT2D eigenvalue weighted by Gasteiger charge is -1.98. The molecule has 0 spiro atoms. The number of hydrogen-bond acceptors (Lipinski definition) is 2. The summed E-state index contributed by atoms with van der Waals surface area (Å²) in [6.07, 6.45) is 0. The lowest BCUT2D eigenvalue weighted by Crippen LogP contribution is -1.78. The summed E-state index contributed by atoms with van der Waals surface area (Å²) in [7, 11) is -0.300. The summed E-state index contributed by atoms with van der Waals surface area (Å²) in [5, 5.41) is 0. The van der Waals surface area contributed by atoms with Crippen LogP contribution in [0.25, 0.3) is 0 Å². The summed E-state index contributed by atoms with van der Waals surface area (Å²) in [4.78, 5) is 0. The van der Waals surface area contributed by atoms with Crippen molar-refractivity contribution in [1.29, 1.82) is 0 Å². The van der Waals surface area contributed by atoms with Crippen LogP contribution in [-0.2, 0) is 4.57 Å². The fourth-order valence-electron chi connectivity index (χ4n) is 0.699. The maximum atomic E-state index is 10.0. The number of aryl methyl sites for hydroxylation is 1. The molecule has 11 heavy (non-hydrogen) atoms. The quantitative estimate of drug-likeness (QED) is 0.516. The zero-order valence-corrected chi connectivity index (χ0v) is 8.20. The van der Waals surface area contributed by atoms with Crippen LogP contribution in [0.3, 0.4) is 0 Å². The molecule has 55 valence electrons. The van der Waals surface area contributed by atoms with Gasteiger partial charge in [-0.15, -0.1) is 0 Å². The molecule has 0 saturated carbocycles. The van der Waals surface area contributed by atoms with Gasteiger partial charge in [-0.2, -0.15) is 0 Å². The van der Waals surface area contributed by atoms with Gasteiger partial charge < -0.3 is 4.52 Å². The Bertz CT molecular complexity index is 240. The minimum atomic E-state index is -0.300. The summed E-state index contributed by atoms with van der Waals surface area (Å²) in [5.74, 6) is 0.666. The van der Waals surface area contributed by atoms with Crippen molar-refractivity contribution >= 4 is 26.0 Å². The second kappa shape index (κ2) is 5.32. The van der Waals surface area contributed by atoms with Crippen molar-refractivity contribution in [2.75, 3.05) is 0 Å². The van der Waals surface area contributed by atoms with Crippen molar-refractivity contribution < 1.29 is 9.09 Å². The van der Waals surface area contributed by atoms with Gasteiger partial charge in [-0.25, -0.2) is 4.57 Å². The van der Waals surface area contributed by atoms with Crippen LogP contribution in [0.2, 0.25) is 0 Å². The van der Waals surface area contributed by atoms with Crippen LogP contribution < -0.4 is 4.52 Å². The third-order valence-corrected chi connectivity index (χ3v) is 1.50. The van der Waals surface area contributed by atoms with E-state index in [4.69, 9.17) is 4.52 Å². The first-order valence-corrected chi connectivity index (χ1v) is 3.63.